The monoisotopic (exact) mass is 388 g/mol. The van der Waals surface area contributed by atoms with Gasteiger partial charge in [0.15, 0.2) is 0 Å². The molecule has 0 aliphatic rings. The number of anilines is 1. The number of nitrogens with one attached hydrogen (secondary N) is 1. The van der Waals surface area contributed by atoms with Crippen LogP contribution in [0.2, 0.25) is 5.02 Å². The van der Waals surface area contributed by atoms with Crippen LogP contribution in [0, 0.1) is 5.82 Å². The number of hydrogen-bond acceptors (Lipinski definition) is 2. The van der Waals surface area contributed by atoms with E-state index in [0.717, 1.165) is 18.2 Å². The summed E-state index contributed by atoms with van der Waals surface area (Å²) < 4.78 is 51.5. The fraction of sp³-hybridized carbons (Fsp3) is 0.278. The third kappa shape index (κ3) is 5.19. The largest absolute Gasteiger partial charge is 0.416 e. The molecule has 0 saturated heterocycles. The highest BCUT2D eigenvalue weighted by Crippen LogP contribution is 2.29. The van der Waals surface area contributed by atoms with Crippen LogP contribution in [-0.4, -0.2) is 23.9 Å². The maximum absolute atomic E-state index is 13.8. The second-order valence-corrected chi connectivity index (χ2v) is 6.34. The van der Waals surface area contributed by atoms with Crippen LogP contribution in [0.1, 0.15) is 18.1 Å². The van der Waals surface area contributed by atoms with E-state index in [4.69, 9.17) is 11.6 Å². The molecule has 0 aliphatic heterocycles. The number of halogens is 5. The zero-order valence-electron chi connectivity index (χ0n) is 14.1. The SMILES string of the molecule is CC(C(=O)Nc1ccc(Cl)cc1F)N(C)Cc1ccc(C(F)(F)F)cc1. The van der Waals surface area contributed by atoms with Gasteiger partial charge in [-0.25, -0.2) is 4.39 Å². The van der Waals surface area contributed by atoms with Crippen LogP contribution >= 0.6 is 11.6 Å². The van der Waals surface area contributed by atoms with Crippen molar-refractivity contribution < 1.29 is 22.4 Å². The van der Waals surface area contributed by atoms with Crippen molar-refractivity contribution in [1.29, 1.82) is 0 Å². The number of alkyl halides is 3. The van der Waals surface area contributed by atoms with E-state index < -0.39 is 29.5 Å². The average molecular weight is 389 g/mol. The van der Waals surface area contributed by atoms with Gasteiger partial charge in [0.1, 0.15) is 5.82 Å². The van der Waals surface area contributed by atoms with E-state index in [0.29, 0.717) is 5.56 Å². The summed E-state index contributed by atoms with van der Waals surface area (Å²) in [6.07, 6.45) is -4.39. The van der Waals surface area contributed by atoms with Gasteiger partial charge < -0.3 is 5.32 Å². The number of hydrogen-bond donors (Lipinski definition) is 1. The highest BCUT2D eigenvalue weighted by Gasteiger charge is 2.30. The maximum atomic E-state index is 13.8. The number of likely N-dealkylation sites (N-methyl/N-ethyl adjacent to an activating group) is 1. The summed E-state index contributed by atoms with van der Waals surface area (Å²) in [6.45, 7) is 1.88. The van der Waals surface area contributed by atoms with Gasteiger partial charge in [-0.15, -0.1) is 0 Å². The number of carbonyl (C=O) groups is 1. The maximum Gasteiger partial charge on any atom is 0.416 e. The molecular weight excluding hydrogens is 372 g/mol. The molecule has 1 amide bonds. The molecule has 0 bridgehead atoms. The summed E-state index contributed by atoms with van der Waals surface area (Å²) in [4.78, 5) is 13.9. The Labute approximate surface area is 153 Å². The van der Waals surface area contributed by atoms with E-state index in [2.05, 4.69) is 5.32 Å². The Kier molecular flexibility index (Phi) is 6.26. The van der Waals surface area contributed by atoms with Crippen LogP contribution in [0.3, 0.4) is 0 Å². The van der Waals surface area contributed by atoms with Crippen molar-refractivity contribution >= 4 is 23.2 Å². The topological polar surface area (TPSA) is 32.3 Å². The summed E-state index contributed by atoms with van der Waals surface area (Å²) in [6, 6.07) is 8.00. The summed E-state index contributed by atoms with van der Waals surface area (Å²) in [7, 11) is 1.65. The second kappa shape index (κ2) is 8.05. The Balaban J connectivity index is 1.99. The van der Waals surface area contributed by atoms with Crippen LogP contribution in [0.15, 0.2) is 42.5 Å². The third-order valence-corrected chi connectivity index (χ3v) is 4.18. The van der Waals surface area contributed by atoms with Crippen LogP contribution in [0.4, 0.5) is 23.2 Å². The average Bonchev–Trinajstić information content (AvgIpc) is 2.56. The Morgan fingerprint density at radius 2 is 1.81 bits per heavy atom. The number of carbonyl (C=O) groups excluding carboxylic acids is 1. The van der Waals surface area contributed by atoms with Crippen LogP contribution in [0.5, 0.6) is 0 Å². The van der Waals surface area contributed by atoms with Crippen molar-refractivity contribution in [2.75, 3.05) is 12.4 Å². The Morgan fingerprint density at radius 1 is 1.19 bits per heavy atom. The van der Waals surface area contributed by atoms with Gasteiger partial charge in [0.2, 0.25) is 5.91 Å². The lowest BCUT2D eigenvalue weighted by atomic mass is 10.1. The molecule has 0 radical (unpaired) electrons. The molecule has 1 N–H and O–H groups in total. The van der Waals surface area contributed by atoms with Crippen LogP contribution in [0.25, 0.3) is 0 Å². The molecular formula is C18H17ClF4N2O. The summed E-state index contributed by atoms with van der Waals surface area (Å²) in [5.74, 6) is -1.09. The minimum absolute atomic E-state index is 0.00850. The molecule has 0 aliphatic carbocycles. The lowest BCUT2D eigenvalue weighted by Gasteiger charge is -2.24. The highest BCUT2D eigenvalue weighted by molar-refractivity contribution is 6.30. The third-order valence-electron chi connectivity index (χ3n) is 3.94. The number of benzene rings is 2. The first kappa shape index (κ1) is 20.2. The summed E-state index contributed by atoms with van der Waals surface area (Å²) in [5.41, 5.74) is -0.0973. The van der Waals surface area contributed by atoms with Gasteiger partial charge in [0.25, 0.3) is 0 Å². The number of nitrogens with zero attached hydrogens (tertiary/aromatic N) is 1. The zero-order valence-corrected chi connectivity index (χ0v) is 14.8. The number of amides is 1. The van der Waals surface area contributed by atoms with E-state index >= 15 is 0 Å². The molecule has 0 saturated carbocycles. The van der Waals surface area contributed by atoms with E-state index in [1.807, 2.05) is 0 Å². The normalized spacial score (nSPS) is 12.9. The van der Waals surface area contributed by atoms with Gasteiger partial charge in [0, 0.05) is 11.6 Å². The summed E-state index contributed by atoms with van der Waals surface area (Å²) in [5, 5.41) is 2.69. The van der Waals surface area contributed by atoms with E-state index in [9.17, 15) is 22.4 Å². The van der Waals surface area contributed by atoms with Gasteiger partial charge in [-0.3, -0.25) is 9.69 Å². The Hall–Kier alpha value is -2.12. The molecule has 0 aromatic heterocycles. The molecule has 8 heteroatoms. The predicted molar refractivity (Wildman–Crippen MR) is 92.4 cm³/mol. The van der Waals surface area contributed by atoms with E-state index in [1.165, 1.54) is 24.3 Å². The van der Waals surface area contributed by atoms with Crippen molar-refractivity contribution in [1.82, 2.24) is 4.90 Å². The molecule has 140 valence electrons. The standard InChI is InChI=1S/C18H17ClF4N2O/c1-11(17(26)24-16-8-7-14(19)9-15(16)20)25(2)10-12-3-5-13(6-4-12)18(21,22)23/h3-9,11H,10H2,1-2H3,(H,24,26). The minimum atomic E-state index is -4.39. The summed E-state index contributed by atoms with van der Waals surface area (Å²) >= 11 is 5.66. The first-order valence-electron chi connectivity index (χ1n) is 7.70. The van der Waals surface area contributed by atoms with Crippen molar-refractivity contribution in [3.05, 3.63) is 64.4 Å². The van der Waals surface area contributed by atoms with Crippen molar-refractivity contribution in [2.45, 2.75) is 25.7 Å². The van der Waals surface area contributed by atoms with Crippen molar-refractivity contribution in [3.63, 3.8) is 0 Å². The molecule has 2 aromatic rings. The number of rotatable bonds is 5. The first-order chi connectivity index (χ1) is 12.1. The van der Waals surface area contributed by atoms with E-state index in [-0.39, 0.29) is 17.3 Å². The molecule has 2 rings (SSSR count). The predicted octanol–water partition coefficient (Wildman–Crippen LogP) is 4.96. The Bertz CT molecular complexity index is 778. The van der Waals surface area contributed by atoms with E-state index in [1.54, 1.807) is 18.9 Å². The van der Waals surface area contributed by atoms with Gasteiger partial charge in [-0.2, -0.15) is 13.2 Å². The molecule has 1 unspecified atom stereocenters. The first-order valence-corrected chi connectivity index (χ1v) is 8.08. The van der Waals surface area contributed by atoms with Crippen molar-refractivity contribution in [3.8, 4) is 0 Å². The fourth-order valence-electron chi connectivity index (χ4n) is 2.25. The zero-order chi connectivity index (χ0) is 19.5. The van der Waals surface area contributed by atoms with Gasteiger partial charge >= 0.3 is 6.18 Å². The fourth-order valence-corrected chi connectivity index (χ4v) is 2.41. The molecule has 1 atom stereocenters. The quantitative estimate of drug-likeness (QED) is 0.734. The lowest BCUT2D eigenvalue weighted by molar-refractivity contribution is -0.137. The molecule has 26 heavy (non-hydrogen) atoms. The smallest absolute Gasteiger partial charge is 0.322 e. The minimum Gasteiger partial charge on any atom is -0.322 e. The molecule has 0 spiro atoms. The van der Waals surface area contributed by atoms with Gasteiger partial charge in [0.05, 0.1) is 17.3 Å². The Morgan fingerprint density at radius 3 is 2.35 bits per heavy atom. The molecule has 3 nitrogen and oxygen atoms in total. The molecule has 0 fully saturated rings. The van der Waals surface area contributed by atoms with Gasteiger partial charge in [-0.05, 0) is 49.9 Å². The second-order valence-electron chi connectivity index (χ2n) is 5.90. The van der Waals surface area contributed by atoms with Crippen LogP contribution < -0.4 is 5.32 Å². The van der Waals surface area contributed by atoms with Crippen LogP contribution in [-0.2, 0) is 17.5 Å². The van der Waals surface area contributed by atoms with Gasteiger partial charge in [-0.1, -0.05) is 23.7 Å². The lowest BCUT2D eigenvalue weighted by Crippen LogP contribution is -2.39. The molecule has 0 heterocycles. The highest BCUT2D eigenvalue weighted by atomic mass is 35.5. The van der Waals surface area contributed by atoms with Crippen molar-refractivity contribution in [2.24, 2.45) is 0 Å². The molecule has 2 aromatic carbocycles.